The molecule has 0 aliphatic rings. The van der Waals surface area contributed by atoms with Crippen LogP contribution < -0.4 is 10.6 Å². The standard InChI is InChI=1S/C18H23FN6O/c1-4-21-17(22-9-14-6-5-13(8-20)7-16(14)19)23-12-18(2,26)15-10-24-25(3)11-15/h5-7,10-11,26H,4,9,12H2,1-3H3,(H2,21,22,23). The Morgan fingerprint density at radius 3 is 2.81 bits per heavy atom. The number of aliphatic hydroxyl groups is 1. The molecular formula is C18H23FN6O. The fourth-order valence-corrected chi connectivity index (χ4v) is 2.31. The summed E-state index contributed by atoms with van der Waals surface area (Å²) in [6.07, 6.45) is 3.36. The topological polar surface area (TPSA) is 98.3 Å². The maximum Gasteiger partial charge on any atom is 0.191 e. The first kappa shape index (κ1) is 19.4. The number of rotatable bonds is 6. The maximum absolute atomic E-state index is 14.0. The minimum Gasteiger partial charge on any atom is -0.383 e. The lowest BCUT2D eigenvalue weighted by molar-refractivity contribution is 0.0616. The summed E-state index contributed by atoms with van der Waals surface area (Å²) >= 11 is 0. The molecule has 0 fully saturated rings. The summed E-state index contributed by atoms with van der Waals surface area (Å²) in [5.74, 6) is -0.00794. The van der Waals surface area contributed by atoms with E-state index >= 15 is 0 Å². The van der Waals surface area contributed by atoms with Crippen LogP contribution in [0, 0.1) is 17.1 Å². The van der Waals surface area contributed by atoms with Crippen molar-refractivity contribution < 1.29 is 9.50 Å². The summed E-state index contributed by atoms with van der Waals surface area (Å²) in [6.45, 7) is 4.54. The Balaban J connectivity index is 2.06. The van der Waals surface area contributed by atoms with Crippen molar-refractivity contribution in [1.29, 1.82) is 5.26 Å². The lowest BCUT2D eigenvalue weighted by Crippen LogP contribution is -2.44. The number of aromatic nitrogens is 2. The molecule has 0 aliphatic heterocycles. The van der Waals surface area contributed by atoms with Gasteiger partial charge < -0.3 is 15.7 Å². The zero-order valence-electron chi connectivity index (χ0n) is 15.1. The molecule has 0 radical (unpaired) electrons. The Morgan fingerprint density at radius 2 is 2.23 bits per heavy atom. The van der Waals surface area contributed by atoms with Gasteiger partial charge in [0.1, 0.15) is 11.4 Å². The summed E-state index contributed by atoms with van der Waals surface area (Å²) in [5.41, 5.74) is 0.207. The van der Waals surface area contributed by atoms with Gasteiger partial charge in [-0.1, -0.05) is 6.07 Å². The number of aryl methyl sites for hydroxylation is 1. The van der Waals surface area contributed by atoms with Gasteiger partial charge in [-0.05, 0) is 26.0 Å². The third-order valence-electron chi connectivity index (χ3n) is 3.86. The van der Waals surface area contributed by atoms with Crippen LogP contribution >= 0.6 is 0 Å². The number of nitriles is 1. The highest BCUT2D eigenvalue weighted by atomic mass is 19.1. The SMILES string of the molecule is CCNC(=NCc1ccc(C#N)cc1F)NCC(C)(O)c1cnn(C)c1. The van der Waals surface area contributed by atoms with Gasteiger partial charge in [0.15, 0.2) is 5.96 Å². The Labute approximate surface area is 152 Å². The average molecular weight is 358 g/mol. The molecule has 0 saturated heterocycles. The molecular weight excluding hydrogens is 335 g/mol. The van der Waals surface area contributed by atoms with E-state index in [1.807, 2.05) is 13.0 Å². The Morgan fingerprint density at radius 1 is 1.46 bits per heavy atom. The van der Waals surface area contributed by atoms with Gasteiger partial charge in [-0.3, -0.25) is 4.68 Å². The second-order valence-electron chi connectivity index (χ2n) is 6.14. The van der Waals surface area contributed by atoms with Crippen molar-refractivity contribution in [2.75, 3.05) is 13.1 Å². The van der Waals surface area contributed by atoms with E-state index in [4.69, 9.17) is 5.26 Å². The van der Waals surface area contributed by atoms with Crippen molar-refractivity contribution in [3.63, 3.8) is 0 Å². The molecule has 26 heavy (non-hydrogen) atoms. The van der Waals surface area contributed by atoms with Gasteiger partial charge in [0.2, 0.25) is 0 Å². The van der Waals surface area contributed by atoms with Crippen LogP contribution in [-0.4, -0.2) is 33.9 Å². The first-order chi connectivity index (χ1) is 12.4. The lowest BCUT2D eigenvalue weighted by Gasteiger charge is -2.23. The lowest BCUT2D eigenvalue weighted by atomic mass is 10.00. The summed E-state index contributed by atoms with van der Waals surface area (Å²) in [4.78, 5) is 4.34. The van der Waals surface area contributed by atoms with Crippen molar-refractivity contribution in [1.82, 2.24) is 20.4 Å². The summed E-state index contributed by atoms with van der Waals surface area (Å²) in [7, 11) is 1.78. The molecule has 7 nitrogen and oxygen atoms in total. The molecule has 1 aromatic heterocycles. The van der Waals surface area contributed by atoms with Crippen molar-refractivity contribution >= 4 is 5.96 Å². The molecule has 138 valence electrons. The zero-order valence-corrected chi connectivity index (χ0v) is 15.1. The molecule has 0 amide bonds. The Kier molecular flexibility index (Phi) is 6.31. The minimum absolute atomic E-state index is 0.113. The van der Waals surface area contributed by atoms with Crippen molar-refractivity contribution in [3.05, 3.63) is 53.1 Å². The van der Waals surface area contributed by atoms with Crippen LogP contribution in [0.25, 0.3) is 0 Å². The fourth-order valence-electron chi connectivity index (χ4n) is 2.31. The molecule has 1 atom stereocenters. The van der Waals surface area contributed by atoms with Gasteiger partial charge in [-0.15, -0.1) is 0 Å². The fraction of sp³-hybridized carbons (Fsp3) is 0.389. The van der Waals surface area contributed by atoms with Crippen LogP contribution in [0.2, 0.25) is 0 Å². The van der Waals surface area contributed by atoms with E-state index in [1.54, 1.807) is 43.2 Å². The Hall–Kier alpha value is -2.92. The maximum atomic E-state index is 14.0. The van der Waals surface area contributed by atoms with E-state index in [9.17, 15) is 9.50 Å². The number of nitrogens with one attached hydrogen (secondary N) is 2. The van der Waals surface area contributed by atoms with Crippen LogP contribution in [-0.2, 0) is 19.2 Å². The van der Waals surface area contributed by atoms with Crippen LogP contribution in [0.3, 0.4) is 0 Å². The van der Waals surface area contributed by atoms with Gasteiger partial charge >= 0.3 is 0 Å². The van der Waals surface area contributed by atoms with E-state index in [-0.39, 0.29) is 18.7 Å². The quantitative estimate of drug-likeness (QED) is 0.535. The van der Waals surface area contributed by atoms with E-state index < -0.39 is 11.4 Å². The molecule has 0 bridgehead atoms. The second-order valence-corrected chi connectivity index (χ2v) is 6.14. The van der Waals surface area contributed by atoms with Crippen molar-refractivity contribution in [2.45, 2.75) is 26.0 Å². The van der Waals surface area contributed by atoms with Crippen LogP contribution in [0.4, 0.5) is 4.39 Å². The first-order valence-electron chi connectivity index (χ1n) is 8.28. The van der Waals surface area contributed by atoms with Gasteiger partial charge in [-0.2, -0.15) is 10.4 Å². The molecule has 1 unspecified atom stereocenters. The summed E-state index contributed by atoms with van der Waals surface area (Å²) in [5, 5.41) is 29.6. The van der Waals surface area contributed by atoms with Crippen molar-refractivity contribution in [2.24, 2.45) is 12.0 Å². The second kappa shape index (κ2) is 8.45. The molecule has 0 saturated carbocycles. The van der Waals surface area contributed by atoms with Gasteiger partial charge in [-0.25, -0.2) is 9.38 Å². The number of aliphatic imine (C=N–C) groups is 1. The molecule has 0 aliphatic carbocycles. The zero-order chi connectivity index (χ0) is 19.2. The van der Waals surface area contributed by atoms with Gasteiger partial charge in [0.25, 0.3) is 0 Å². The number of halogens is 1. The number of benzene rings is 1. The average Bonchev–Trinajstić information content (AvgIpc) is 3.05. The highest BCUT2D eigenvalue weighted by molar-refractivity contribution is 5.79. The smallest absolute Gasteiger partial charge is 0.191 e. The minimum atomic E-state index is -1.13. The summed E-state index contributed by atoms with van der Waals surface area (Å²) < 4.78 is 15.6. The number of hydrogen-bond donors (Lipinski definition) is 3. The number of guanidine groups is 1. The Bertz CT molecular complexity index is 821. The normalized spacial score (nSPS) is 13.8. The molecule has 1 heterocycles. The predicted molar refractivity (Wildman–Crippen MR) is 96.7 cm³/mol. The van der Waals surface area contributed by atoms with E-state index in [0.717, 1.165) is 0 Å². The molecule has 0 spiro atoms. The molecule has 2 aromatic rings. The van der Waals surface area contributed by atoms with E-state index in [2.05, 4.69) is 20.7 Å². The molecule has 8 heteroatoms. The largest absolute Gasteiger partial charge is 0.383 e. The molecule has 2 rings (SSSR count). The predicted octanol–water partition coefficient (Wildman–Crippen LogP) is 1.39. The number of hydrogen-bond acceptors (Lipinski definition) is 4. The third kappa shape index (κ3) is 5.04. The summed E-state index contributed by atoms with van der Waals surface area (Å²) in [6, 6.07) is 6.20. The van der Waals surface area contributed by atoms with E-state index in [1.165, 1.54) is 6.07 Å². The molecule has 3 N–H and O–H groups in total. The van der Waals surface area contributed by atoms with Crippen molar-refractivity contribution in [3.8, 4) is 6.07 Å². The van der Waals surface area contributed by atoms with E-state index in [0.29, 0.717) is 23.6 Å². The third-order valence-corrected chi connectivity index (χ3v) is 3.86. The highest BCUT2D eigenvalue weighted by Gasteiger charge is 2.25. The van der Waals surface area contributed by atoms with Crippen LogP contribution in [0.1, 0.15) is 30.5 Å². The van der Waals surface area contributed by atoms with Gasteiger partial charge in [0.05, 0.1) is 30.9 Å². The number of nitrogens with zero attached hydrogens (tertiary/aromatic N) is 4. The monoisotopic (exact) mass is 358 g/mol. The first-order valence-corrected chi connectivity index (χ1v) is 8.28. The molecule has 1 aromatic carbocycles. The van der Waals surface area contributed by atoms with Gasteiger partial charge in [0, 0.05) is 30.9 Å². The van der Waals surface area contributed by atoms with Crippen LogP contribution in [0.5, 0.6) is 0 Å². The van der Waals surface area contributed by atoms with Crippen LogP contribution in [0.15, 0.2) is 35.6 Å². The highest BCUT2D eigenvalue weighted by Crippen LogP contribution is 2.18.